The molecule has 0 aliphatic heterocycles. The maximum Gasteiger partial charge on any atom is 0.417 e. The number of nitrogens with zero attached hydrogens (tertiary/aromatic N) is 1. The van der Waals surface area contributed by atoms with E-state index in [0.717, 1.165) is 101 Å². The van der Waals surface area contributed by atoms with Crippen LogP contribution in [0.4, 0.5) is 26.3 Å². The Labute approximate surface area is 398 Å². The molecule has 1 heterocycles. The lowest BCUT2D eigenvalue weighted by Crippen LogP contribution is -2.15. The molecule has 0 unspecified atom stereocenters. The highest BCUT2D eigenvalue weighted by Crippen LogP contribution is 2.45. The Balaban J connectivity index is 1.25. The summed E-state index contributed by atoms with van der Waals surface area (Å²) in [6.07, 6.45) is -9.14. The van der Waals surface area contributed by atoms with Crippen molar-refractivity contribution < 1.29 is 26.3 Å². The van der Waals surface area contributed by atoms with Gasteiger partial charge in [0.15, 0.2) is 0 Å². The summed E-state index contributed by atoms with van der Waals surface area (Å²) < 4.78 is 90.0. The zero-order valence-corrected chi connectivity index (χ0v) is 38.7. The average Bonchev–Trinajstić information content (AvgIpc) is 3.66. The van der Waals surface area contributed by atoms with Crippen molar-refractivity contribution in [2.75, 3.05) is 0 Å². The molecule has 7 heteroatoms. The molecule has 0 N–H and O–H groups in total. The Bertz CT molecular complexity index is 3390. The van der Waals surface area contributed by atoms with Crippen LogP contribution in [0.15, 0.2) is 194 Å². The van der Waals surface area contributed by atoms with Crippen LogP contribution in [-0.4, -0.2) is 4.57 Å². The summed E-state index contributed by atoms with van der Waals surface area (Å²) in [7, 11) is 0. The molecule has 69 heavy (non-hydrogen) atoms. The monoisotopic (exact) mass is 919 g/mol. The van der Waals surface area contributed by atoms with Gasteiger partial charge in [-0.1, -0.05) is 136 Å². The smallest absolute Gasteiger partial charge is 0.309 e. The van der Waals surface area contributed by atoms with Crippen molar-refractivity contribution in [3.63, 3.8) is 0 Å². The first-order valence-electron chi connectivity index (χ1n) is 22.9. The fraction of sp³-hybridized carbons (Fsp3) is 0.129. The van der Waals surface area contributed by atoms with Crippen molar-refractivity contribution in [1.29, 1.82) is 0 Å². The maximum absolute atomic E-state index is 14.6. The fourth-order valence-corrected chi connectivity index (χ4v) is 9.91. The minimum Gasteiger partial charge on any atom is -0.309 e. The zero-order chi connectivity index (χ0) is 48.4. The summed E-state index contributed by atoms with van der Waals surface area (Å²) in [5.41, 5.74) is 11.9. The van der Waals surface area contributed by atoms with E-state index in [-0.39, 0.29) is 16.5 Å². The number of hydrogen-bond donors (Lipinski definition) is 0. The van der Waals surface area contributed by atoms with E-state index in [2.05, 4.69) is 61.7 Å². The summed E-state index contributed by atoms with van der Waals surface area (Å²) in [4.78, 5) is 0. The van der Waals surface area contributed by atoms with Crippen LogP contribution < -0.4 is 0 Å². The highest BCUT2D eigenvalue weighted by Gasteiger charge is 2.35. The quantitative estimate of drug-likeness (QED) is 0.140. The Morgan fingerprint density at radius 3 is 1.04 bits per heavy atom. The van der Waals surface area contributed by atoms with E-state index < -0.39 is 23.5 Å². The lowest BCUT2D eigenvalue weighted by molar-refractivity contribution is -0.137. The van der Waals surface area contributed by atoms with Crippen molar-refractivity contribution in [3.05, 3.63) is 222 Å². The molecule has 0 aliphatic rings. The number of benzene rings is 9. The minimum atomic E-state index is -4.57. The van der Waals surface area contributed by atoms with Crippen LogP contribution in [0.5, 0.6) is 0 Å². The van der Waals surface area contributed by atoms with Gasteiger partial charge in [-0.3, -0.25) is 0 Å². The second kappa shape index (κ2) is 17.2. The van der Waals surface area contributed by atoms with Crippen LogP contribution in [0.3, 0.4) is 0 Å². The standard InChI is InChI=1S/C62H47F6N/c1-38-16-6-8-18-48(38)44-30-42(32-46(34-44)50-20-10-12-22-54(50)61(63,64)65)40-26-28-57-52(36-40)53-37-41(27-29-58(53)69(57)59-25-15-14-24-56(59)60(3,4)5)43-31-45(49-19-9-7-17-39(49)2)35-47(33-43)51-21-11-13-23-55(51)62(66,67)68/h6-37H,1-5H3. The second-order valence-corrected chi connectivity index (χ2v) is 18.9. The number of aryl methyl sites for hydroxylation is 2. The van der Waals surface area contributed by atoms with Crippen molar-refractivity contribution in [3.8, 4) is 72.4 Å². The van der Waals surface area contributed by atoms with E-state index >= 15 is 0 Å². The topological polar surface area (TPSA) is 4.93 Å². The van der Waals surface area contributed by atoms with Crippen molar-refractivity contribution in [2.24, 2.45) is 0 Å². The molecular formula is C62H47F6N. The molecule has 1 aromatic heterocycles. The fourth-order valence-electron chi connectivity index (χ4n) is 9.91. The van der Waals surface area contributed by atoms with Gasteiger partial charge in [-0.15, -0.1) is 0 Å². The van der Waals surface area contributed by atoms with Gasteiger partial charge in [0.1, 0.15) is 0 Å². The minimum absolute atomic E-state index is 0.0907. The first kappa shape index (κ1) is 45.2. The Morgan fingerprint density at radius 2 is 0.652 bits per heavy atom. The molecule has 1 nitrogen and oxygen atoms in total. The molecule has 10 rings (SSSR count). The highest BCUT2D eigenvalue weighted by atomic mass is 19.4. The molecule has 342 valence electrons. The molecule has 0 radical (unpaired) electrons. The van der Waals surface area contributed by atoms with Crippen LogP contribution >= 0.6 is 0 Å². The molecule has 0 saturated carbocycles. The molecule has 0 aliphatic carbocycles. The largest absolute Gasteiger partial charge is 0.417 e. The van der Waals surface area contributed by atoms with Crippen LogP contribution in [0, 0.1) is 13.8 Å². The summed E-state index contributed by atoms with van der Waals surface area (Å²) >= 11 is 0. The summed E-state index contributed by atoms with van der Waals surface area (Å²) in [6.45, 7) is 10.5. The van der Waals surface area contributed by atoms with E-state index in [1.165, 1.54) is 24.3 Å². The van der Waals surface area contributed by atoms with Crippen LogP contribution in [-0.2, 0) is 17.8 Å². The predicted octanol–water partition coefficient (Wildman–Crippen LogP) is 18.7. The molecule has 10 aromatic rings. The van der Waals surface area contributed by atoms with E-state index in [1.807, 2.05) is 123 Å². The zero-order valence-electron chi connectivity index (χ0n) is 38.7. The number of aromatic nitrogens is 1. The molecule has 0 saturated heterocycles. The Kier molecular flexibility index (Phi) is 11.2. The molecule has 0 amide bonds. The summed E-state index contributed by atoms with van der Waals surface area (Å²) in [6, 6.07) is 59.3. The lowest BCUT2D eigenvalue weighted by Gasteiger charge is -2.24. The number of fused-ring (bicyclic) bond motifs is 3. The third kappa shape index (κ3) is 8.52. The number of hydrogen-bond acceptors (Lipinski definition) is 0. The van der Waals surface area contributed by atoms with Gasteiger partial charge in [0, 0.05) is 16.5 Å². The van der Waals surface area contributed by atoms with Gasteiger partial charge in [-0.25, -0.2) is 0 Å². The van der Waals surface area contributed by atoms with Crippen molar-refractivity contribution in [2.45, 2.75) is 52.4 Å². The first-order valence-corrected chi connectivity index (χ1v) is 22.9. The van der Waals surface area contributed by atoms with Gasteiger partial charge in [-0.2, -0.15) is 26.3 Å². The summed E-state index contributed by atoms with van der Waals surface area (Å²) in [5, 5.41) is 1.81. The van der Waals surface area contributed by atoms with Crippen LogP contribution in [0.2, 0.25) is 0 Å². The lowest BCUT2D eigenvalue weighted by atomic mass is 9.85. The molecule has 0 fully saturated rings. The normalized spacial score (nSPS) is 12.3. The van der Waals surface area contributed by atoms with Crippen LogP contribution in [0.25, 0.3) is 94.3 Å². The third-order valence-electron chi connectivity index (χ3n) is 13.2. The highest BCUT2D eigenvalue weighted by molar-refractivity contribution is 6.12. The molecule has 9 aromatic carbocycles. The van der Waals surface area contributed by atoms with Gasteiger partial charge in [0.25, 0.3) is 0 Å². The number of alkyl halides is 6. The van der Waals surface area contributed by atoms with Crippen molar-refractivity contribution in [1.82, 2.24) is 4.57 Å². The van der Waals surface area contributed by atoms with E-state index in [4.69, 9.17) is 0 Å². The molecular weight excluding hydrogens is 873 g/mol. The SMILES string of the molecule is Cc1ccccc1-c1cc(-c2ccc3c(c2)c2cc(-c4cc(-c5ccccc5C)cc(-c5ccccc5C(F)(F)F)c4)ccc2n3-c2ccccc2C(C)(C)C)cc(-c2ccccc2C(F)(F)F)c1. The van der Waals surface area contributed by atoms with E-state index in [9.17, 15) is 26.3 Å². The Hall–Kier alpha value is -7.64. The number of halogens is 6. The van der Waals surface area contributed by atoms with Crippen LogP contribution in [0.1, 0.15) is 48.6 Å². The average molecular weight is 920 g/mol. The molecule has 0 bridgehead atoms. The van der Waals surface area contributed by atoms with Gasteiger partial charge >= 0.3 is 12.4 Å². The predicted molar refractivity (Wildman–Crippen MR) is 272 cm³/mol. The second-order valence-electron chi connectivity index (χ2n) is 18.9. The van der Waals surface area contributed by atoms with Gasteiger partial charge in [0.2, 0.25) is 0 Å². The number of para-hydroxylation sites is 1. The van der Waals surface area contributed by atoms with E-state index in [1.54, 1.807) is 12.1 Å². The van der Waals surface area contributed by atoms with Gasteiger partial charge in [-0.05, 0) is 182 Å². The summed E-state index contributed by atoms with van der Waals surface area (Å²) in [5.74, 6) is 0. The first-order chi connectivity index (χ1) is 32.9. The Morgan fingerprint density at radius 1 is 0.319 bits per heavy atom. The van der Waals surface area contributed by atoms with Crippen molar-refractivity contribution >= 4 is 21.8 Å². The maximum atomic E-state index is 14.6. The number of rotatable bonds is 7. The van der Waals surface area contributed by atoms with Gasteiger partial charge in [0.05, 0.1) is 22.2 Å². The third-order valence-corrected chi connectivity index (χ3v) is 13.2. The molecule has 0 spiro atoms. The van der Waals surface area contributed by atoms with Gasteiger partial charge < -0.3 is 4.57 Å². The van der Waals surface area contributed by atoms with E-state index in [0.29, 0.717) is 11.1 Å². The molecule has 0 atom stereocenters.